The summed E-state index contributed by atoms with van der Waals surface area (Å²) < 4.78 is 2.30. The van der Waals surface area contributed by atoms with E-state index in [2.05, 4.69) is 11.5 Å². The van der Waals surface area contributed by atoms with Crippen molar-refractivity contribution in [2.45, 2.75) is 58.9 Å². The van der Waals surface area contributed by atoms with E-state index in [1.165, 1.54) is 32.1 Å². The van der Waals surface area contributed by atoms with Crippen LogP contribution in [0.1, 0.15) is 60.8 Å². The Labute approximate surface area is 149 Å². The Morgan fingerprint density at radius 2 is 2.00 bits per heavy atom. The first kappa shape index (κ1) is 17.6. The number of phenols is 1. The second-order valence-corrected chi connectivity index (χ2v) is 7.16. The van der Waals surface area contributed by atoms with Gasteiger partial charge in [-0.05, 0) is 49.8 Å². The van der Waals surface area contributed by atoms with Gasteiger partial charge >= 0.3 is 0 Å². The van der Waals surface area contributed by atoms with Crippen molar-refractivity contribution in [3.63, 3.8) is 0 Å². The molecule has 2 aromatic rings. The van der Waals surface area contributed by atoms with Crippen LogP contribution in [-0.2, 0) is 13.0 Å². The molecule has 0 spiro atoms. The highest BCUT2D eigenvalue weighted by Gasteiger charge is 2.25. The van der Waals surface area contributed by atoms with Crippen molar-refractivity contribution in [2.24, 2.45) is 11.7 Å². The Hall–Kier alpha value is -2.23. The molecule has 1 fully saturated rings. The minimum Gasteiger partial charge on any atom is -0.508 e. The van der Waals surface area contributed by atoms with Gasteiger partial charge in [0.15, 0.2) is 0 Å². The number of nitrogens with zero attached hydrogens (tertiary/aromatic N) is 1. The number of benzene rings is 1. The molecule has 25 heavy (non-hydrogen) atoms. The van der Waals surface area contributed by atoms with E-state index >= 15 is 0 Å². The molecule has 134 valence electrons. The minimum atomic E-state index is -0.395. The molecule has 4 nitrogen and oxygen atoms in total. The van der Waals surface area contributed by atoms with Crippen LogP contribution >= 0.6 is 0 Å². The first-order valence-electron chi connectivity index (χ1n) is 9.34. The second-order valence-electron chi connectivity index (χ2n) is 7.16. The molecule has 1 aliphatic rings. The van der Waals surface area contributed by atoms with Crippen LogP contribution < -0.4 is 5.73 Å². The maximum absolute atomic E-state index is 12.2. The number of primary amides is 1. The van der Waals surface area contributed by atoms with Crippen LogP contribution in [0.25, 0.3) is 11.1 Å². The molecule has 3 rings (SSSR count). The third kappa shape index (κ3) is 3.44. The van der Waals surface area contributed by atoms with Crippen molar-refractivity contribution in [2.75, 3.05) is 0 Å². The van der Waals surface area contributed by atoms with Gasteiger partial charge in [0, 0.05) is 23.5 Å². The molecule has 1 aromatic heterocycles. The number of hydrogen-bond donors (Lipinski definition) is 2. The van der Waals surface area contributed by atoms with Crippen LogP contribution in [0.5, 0.6) is 5.75 Å². The lowest BCUT2D eigenvalue weighted by atomic mass is 9.89. The lowest BCUT2D eigenvalue weighted by Crippen LogP contribution is -2.17. The largest absolute Gasteiger partial charge is 0.508 e. The first-order chi connectivity index (χ1) is 12.0. The summed E-state index contributed by atoms with van der Waals surface area (Å²) in [7, 11) is 0. The number of nitrogens with two attached hydrogens (primary N) is 1. The van der Waals surface area contributed by atoms with Gasteiger partial charge in [-0.25, -0.2) is 0 Å². The molecule has 0 bridgehead atoms. The van der Waals surface area contributed by atoms with Crippen molar-refractivity contribution in [1.82, 2.24) is 4.57 Å². The van der Waals surface area contributed by atoms with E-state index in [4.69, 9.17) is 5.73 Å². The minimum absolute atomic E-state index is 0.202. The zero-order valence-electron chi connectivity index (χ0n) is 15.2. The summed E-state index contributed by atoms with van der Waals surface area (Å²) in [6.45, 7) is 5.06. The van der Waals surface area contributed by atoms with E-state index in [0.29, 0.717) is 11.5 Å². The van der Waals surface area contributed by atoms with Gasteiger partial charge in [0.2, 0.25) is 0 Å². The molecule has 1 heterocycles. The average molecular weight is 340 g/mol. The molecule has 0 unspecified atom stereocenters. The summed E-state index contributed by atoms with van der Waals surface area (Å²) in [5, 5.41) is 9.88. The smallest absolute Gasteiger partial charge is 0.251 e. The Morgan fingerprint density at radius 3 is 2.60 bits per heavy atom. The Morgan fingerprint density at radius 1 is 1.28 bits per heavy atom. The fraction of sp³-hybridized carbons (Fsp3) is 0.476. The topological polar surface area (TPSA) is 68.2 Å². The Bertz CT molecular complexity index is 770. The Kier molecular flexibility index (Phi) is 5.16. The molecule has 1 aliphatic carbocycles. The molecule has 1 aromatic carbocycles. The third-order valence-corrected chi connectivity index (χ3v) is 5.51. The predicted molar refractivity (Wildman–Crippen MR) is 101 cm³/mol. The number of amides is 1. The van der Waals surface area contributed by atoms with Crippen molar-refractivity contribution in [3.05, 3.63) is 41.2 Å². The van der Waals surface area contributed by atoms with Crippen LogP contribution in [0.2, 0.25) is 0 Å². The zero-order chi connectivity index (χ0) is 18.0. The van der Waals surface area contributed by atoms with Gasteiger partial charge in [-0.1, -0.05) is 38.3 Å². The van der Waals surface area contributed by atoms with E-state index in [1.54, 1.807) is 12.1 Å². The second kappa shape index (κ2) is 7.34. The van der Waals surface area contributed by atoms with Crippen LogP contribution in [0.15, 0.2) is 24.3 Å². The van der Waals surface area contributed by atoms with Crippen LogP contribution in [0, 0.1) is 12.8 Å². The fourth-order valence-corrected chi connectivity index (χ4v) is 4.31. The molecule has 1 saturated carbocycles. The summed E-state index contributed by atoms with van der Waals surface area (Å²) >= 11 is 0. The number of carbonyl (C=O) groups is 1. The highest BCUT2D eigenvalue weighted by atomic mass is 16.3. The van der Waals surface area contributed by atoms with E-state index < -0.39 is 5.91 Å². The normalized spacial score (nSPS) is 15.4. The quantitative estimate of drug-likeness (QED) is 0.846. The fourth-order valence-electron chi connectivity index (χ4n) is 4.31. The number of phenolic OH excluding ortho intramolecular Hbond substituents is 1. The standard InChI is InChI=1S/C21H28N2O2/c1-3-18-20(16-10-7-11-17(24)12-16)19(21(22)25)14(2)23(18)13-15-8-5-4-6-9-15/h7,10-12,15,24H,3-6,8-9,13H2,1-2H3,(H2,22,25). The van der Waals surface area contributed by atoms with Gasteiger partial charge in [-0.2, -0.15) is 0 Å². The number of aromatic hydroxyl groups is 1. The van der Waals surface area contributed by atoms with Gasteiger partial charge < -0.3 is 15.4 Å². The predicted octanol–water partition coefficient (Wildman–Crippen LogP) is 4.41. The number of rotatable bonds is 5. The molecular weight excluding hydrogens is 312 g/mol. The number of hydrogen-bond acceptors (Lipinski definition) is 2. The van der Waals surface area contributed by atoms with E-state index in [-0.39, 0.29) is 5.75 Å². The number of carbonyl (C=O) groups excluding carboxylic acids is 1. The maximum Gasteiger partial charge on any atom is 0.251 e. The molecule has 0 atom stereocenters. The molecule has 0 saturated heterocycles. The monoisotopic (exact) mass is 340 g/mol. The zero-order valence-corrected chi connectivity index (χ0v) is 15.2. The van der Waals surface area contributed by atoms with Crippen molar-refractivity contribution in [3.8, 4) is 16.9 Å². The van der Waals surface area contributed by atoms with Crippen LogP contribution in [0.3, 0.4) is 0 Å². The lowest BCUT2D eigenvalue weighted by molar-refractivity contribution is 0.1000. The summed E-state index contributed by atoms with van der Waals surface area (Å²) in [6, 6.07) is 7.10. The van der Waals surface area contributed by atoms with Crippen molar-refractivity contribution >= 4 is 5.91 Å². The molecule has 0 radical (unpaired) electrons. The molecule has 0 aliphatic heterocycles. The third-order valence-electron chi connectivity index (χ3n) is 5.51. The molecule has 1 amide bonds. The molecular formula is C21H28N2O2. The van der Waals surface area contributed by atoms with E-state index in [0.717, 1.165) is 35.5 Å². The highest BCUT2D eigenvalue weighted by molar-refractivity contribution is 6.02. The summed E-state index contributed by atoms with van der Waals surface area (Å²) in [5.41, 5.74) is 10.2. The van der Waals surface area contributed by atoms with Crippen molar-refractivity contribution < 1.29 is 9.90 Å². The van der Waals surface area contributed by atoms with Crippen molar-refractivity contribution in [1.29, 1.82) is 0 Å². The van der Waals surface area contributed by atoms with Gasteiger partial charge in [-0.3, -0.25) is 4.79 Å². The maximum atomic E-state index is 12.2. The van der Waals surface area contributed by atoms with Crippen LogP contribution in [0.4, 0.5) is 0 Å². The SMILES string of the molecule is CCc1c(-c2cccc(O)c2)c(C(N)=O)c(C)n1CC1CCCCC1. The van der Waals surface area contributed by atoms with Gasteiger partial charge in [0.25, 0.3) is 5.91 Å². The summed E-state index contributed by atoms with van der Waals surface area (Å²) in [4.78, 5) is 12.2. The molecule has 4 heteroatoms. The lowest BCUT2D eigenvalue weighted by Gasteiger charge is -2.24. The molecule has 3 N–H and O–H groups in total. The van der Waals surface area contributed by atoms with Gasteiger partial charge in [-0.15, -0.1) is 0 Å². The first-order valence-corrected chi connectivity index (χ1v) is 9.34. The average Bonchev–Trinajstić information content (AvgIpc) is 2.88. The van der Waals surface area contributed by atoms with E-state index in [1.807, 2.05) is 19.1 Å². The van der Waals surface area contributed by atoms with E-state index in [9.17, 15) is 9.90 Å². The van der Waals surface area contributed by atoms with Crippen LogP contribution in [-0.4, -0.2) is 15.6 Å². The highest BCUT2D eigenvalue weighted by Crippen LogP contribution is 2.36. The Balaban J connectivity index is 2.12. The van der Waals surface area contributed by atoms with Gasteiger partial charge in [0.1, 0.15) is 5.75 Å². The number of aromatic nitrogens is 1. The summed E-state index contributed by atoms with van der Waals surface area (Å²) in [5.74, 6) is 0.475. The summed E-state index contributed by atoms with van der Waals surface area (Å²) in [6.07, 6.45) is 7.28. The van der Waals surface area contributed by atoms with Gasteiger partial charge in [0.05, 0.1) is 5.56 Å².